The third-order valence-electron chi connectivity index (χ3n) is 1.39. The SMILES string of the molecule is CC(=O)O.O=C(O)c1ccccc1C(=O)O.[H-].[Na+]. The molecule has 0 aromatic heterocycles. The number of benzene rings is 1. The first-order chi connectivity index (χ1) is 7.36. The molecule has 0 atom stereocenters. The van der Waals surface area contributed by atoms with Crippen LogP contribution in [0, 0.1) is 0 Å². The average Bonchev–Trinajstić information content (AvgIpc) is 2.16. The van der Waals surface area contributed by atoms with E-state index in [-0.39, 0.29) is 42.1 Å². The van der Waals surface area contributed by atoms with E-state index in [2.05, 4.69) is 0 Å². The second kappa shape index (κ2) is 8.74. The van der Waals surface area contributed by atoms with Crippen LogP contribution in [0.2, 0.25) is 0 Å². The van der Waals surface area contributed by atoms with Gasteiger partial charge in [-0.05, 0) is 12.1 Å². The third-order valence-corrected chi connectivity index (χ3v) is 1.39. The molecule has 88 valence electrons. The van der Waals surface area contributed by atoms with Crippen LogP contribution in [0.3, 0.4) is 0 Å². The summed E-state index contributed by atoms with van der Waals surface area (Å²) in [6.45, 7) is 1.08. The second-order valence-electron chi connectivity index (χ2n) is 2.67. The molecular weight excluding hydrogens is 239 g/mol. The fraction of sp³-hybridized carbons (Fsp3) is 0.100. The first-order valence-electron chi connectivity index (χ1n) is 4.11. The Morgan fingerprint density at radius 2 is 1.18 bits per heavy atom. The molecule has 0 amide bonds. The van der Waals surface area contributed by atoms with Gasteiger partial charge in [0.15, 0.2) is 0 Å². The fourth-order valence-corrected chi connectivity index (χ4v) is 0.856. The van der Waals surface area contributed by atoms with Crippen molar-refractivity contribution in [2.45, 2.75) is 6.92 Å². The summed E-state index contributed by atoms with van der Waals surface area (Å²) in [4.78, 5) is 29.9. The number of carboxylic acids is 3. The number of hydrogen-bond acceptors (Lipinski definition) is 3. The summed E-state index contributed by atoms with van der Waals surface area (Å²) < 4.78 is 0. The minimum absolute atomic E-state index is 0. The Labute approximate surface area is 121 Å². The Bertz CT molecular complexity index is 384. The van der Waals surface area contributed by atoms with E-state index in [4.69, 9.17) is 20.1 Å². The van der Waals surface area contributed by atoms with E-state index in [1.54, 1.807) is 0 Å². The Kier molecular flexibility index (Phi) is 9.26. The number of aromatic carboxylic acids is 2. The van der Waals surface area contributed by atoms with Crippen LogP contribution < -0.4 is 29.6 Å². The molecule has 1 aromatic rings. The van der Waals surface area contributed by atoms with Crippen molar-refractivity contribution in [2.75, 3.05) is 0 Å². The summed E-state index contributed by atoms with van der Waals surface area (Å²) in [5.41, 5.74) is -0.380. The van der Waals surface area contributed by atoms with Crippen molar-refractivity contribution in [2.24, 2.45) is 0 Å². The van der Waals surface area contributed by atoms with Gasteiger partial charge >= 0.3 is 41.5 Å². The second-order valence-corrected chi connectivity index (χ2v) is 2.67. The van der Waals surface area contributed by atoms with Gasteiger partial charge in [-0.2, -0.15) is 0 Å². The van der Waals surface area contributed by atoms with Gasteiger partial charge in [-0.3, -0.25) is 4.79 Å². The molecule has 7 heteroatoms. The van der Waals surface area contributed by atoms with Gasteiger partial charge in [-0.15, -0.1) is 0 Å². The molecule has 0 bridgehead atoms. The maximum absolute atomic E-state index is 10.5. The van der Waals surface area contributed by atoms with Gasteiger partial charge in [0, 0.05) is 6.92 Å². The predicted molar refractivity (Wildman–Crippen MR) is 54.8 cm³/mol. The van der Waals surface area contributed by atoms with Crippen molar-refractivity contribution in [1.82, 2.24) is 0 Å². The van der Waals surface area contributed by atoms with E-state index < -0.39 is 17.9 Å². The first kappa shape index (κ1) is 18.0. The number of rotatable bonds is 2. The van der Waals surface area contributed by atoms with Crippen LogP contribution in [0.25, 0.3) is 0 Å². The van der Waals surface area contributed by atoms with Crippen molar-refractivity contribution in [3.8, 4) is 0 Å². The van der Waals surface area contributed by atoms with E-state index in [1.807, 2.05) is 0 Å². The van der Waals surface area contributed by atoms with E-state index in [0.29, 0.717) is 0 Å². The van der Waals surface area contributed by atoms with Crippen molar-refractivity contribution >= 4 is 17.9 Å². The Morgan fingerprint density at radius 1 is 0.941 bits per heavy atom. The molecule has 1 aromatic carbocycles. The van der Waals surface area contributed by atoms with Crippen LogP contribution in [0.1, 0.15) is 29.1 Å². The summed E-state index contributed by atoms with van der Waals surface area (Å²) in [6, 6.07) is 5.48. The number of hydrogen-bond donors (Lipinski definition) is 3. The summed E-state index contributed by atoms with van der Waals surface area (Å²) in [7, 11) is 0. The van der Waals surface area contributed by atoms with Crippen molar-refractivity contribution in [3.05, 3.63) is 35.4 Å². The first-order valence-corrected chi connectivity index (χ1v) is 4.11. The maximum Gasteiger partial charge on any atom is 1.00 e. The van der Waals surface area contributed by atoms with Gasteiger partial charge in [-0.25, -0.2) is 9.59 Å². The molecular formula is C10H11NaO6. The topological polar surface area (TPSA) is 112 Å². The summed E-state index contributed by atoms with van der Waals surface area (Å²) in [5, 5.41) is 24.5. The van der Waals surface area contributed by atoms with E-state index in [0.717, 1.165) is 6.92 Å². The minimum Gasteiger partial charge on any atom is -1.00 e. The zero-order valence-electron chi connectivity index (χ0n) is 10.4. The molecule has 0 unspecified atom stereocenters. The monoisotopic (exact) mass is 250 g/mol. The quantitative estimate of drug-likeness (QED) is 0.539. The zero-order valence-corrected chi connectivity index (χ0v) is 11.4. The molecule has 0 saturated carbocycles. The molecule has 0 heterocycles. The van der Waals surface area contributed by atoms with Gasteiger partial charge in [0.25, 0.3) is 5.97 Å². The van der Waals surface area contributed by atoms with Crippen molar-refractivity contribution < 1.29 is 60.7 Å². The van der Waals surface area contributed by atoms with Crippen LogP contribution in [-0.4, -0.2) is 33.2 Å². The molecule has 0 spiro atoms. The molecule has 0 aliphatic heterocycles. The van der Waals surface area contributed by atoms with Crippen LogP contribution in [0.15, 0.2) is 24.3 Å². The van der Waals surface area contributed by atoms with E-state index >= 15 is 0 Å². The molecule has 0 fully saturated rings. The number of carbonyl (C=O) groups is 3. The Morgan fingerprint density at radius 3 is 1.35 bits per heavy atom. The maximum atomic E-state index is 10.5. The van der Waals surface area contributed by atoms with Gasteiger partial charge in [-0.1, -0.05) is 12.1 Å². The van der Waals surface area contributed by atoms with Gasteiger partial charge < -0.3 is 16.7 Å². The van der Waals surface area contributed by atoms with Crippen LogP contribution in [0.4, 0.5) is 0 Å². The molecule has 0 radical (unpaired) electrons. The Hall–Kier alpha value is -1.37. The third kappa shape index (κ3) is 7.51. The normalized spacial score (nSPS) is 8.06. The Balaban J connectivity index is -0.000000332. The summed E-state index contributed by atoms with van der Waals surface area (Å²) in [6.07, 6.45) is 0. The zero-order chi connectivity index (χ0) is 12.7. The fourth-order valence-electron chi connectivity index (χ4n) is 0.856. The van der Waals surface area contributed by atoms with Crippen molar-refractivity contribution in [1.29, 1.82) is 0 Å². The largest absolute Gasteiger partial charge is 1.00 e. The molecule has 1 rings (SSSR count). The van der Waals surface area contributed by atoms with E-state index in [1.165, 1.54) is 24.3 Å². The smallest absolute Gasteiger partial charge is 1.00 e. The average molecular weight is 250 g/mol. The summed E-state index contributed by atoms with van der Waals surface area (Å²) >= 11 is 0. The van der Waals surface area contributed by atoms with Crippen molar-refractivity contribution in [3.63, 3.8) is 0 Å². The summed E-state index contributed by atoms with van der Waals surface area (Å²) in [5.74, 6) is -3.29. The van der Waals surface area contributed by atoms with Crippen LogP contribution >= 0.6 is 0 Å². The molecule has 0 saturated heterocycles. The standard InChI is InChI=1S/C8H6O4.C2H4O2.Na.H/c9-7(10)5-3-1-2-4-6(5)8(11)12;1-2(3)4;;/h1-4H,(H,9,10)(H,11,12);1H3,(H,3,4);;/q;;+1;-1. The molecule has 0 aliphatic carbocycles. The number of carboxylic acid groups (broad SMARTS) is 3. The van der Waals surface area contributed by atoms with Crippen LogP contribution in [-0.2, 0) is 4.79 Å². The predicted octanol–water partition coefficient (Wildman–Crippen LogP) is -1.71. The number of aliphatic carboxylic acids is 1. The molecule has 3 N–H and O–H groups in total. The van der Waals surface area contributed by atoms with E-state index in [9.17, 15) is 9.59 Å². The van der Waals surface area contributed by atoms with Gasteiger partial charge in [0.1, 0.15) is 0 Å². The van der Waals surface area contributed by atoms with Gasteiger partial charge in [0.05, 0.1) is 11.1 Å². The van der Waals surface area contributed by atoms with Crippen LogP contribution in [0.5, 0.6) is 0 Å². The minimum atomic E-state index is -1.23. The molecule has 17 heavy (non-hydrogen) atoms. The van der Waals surface area contributed by atoms with Gasteiger partial charge in [0.2, 0.25) is 0 Å². The molecule has 6 nitrogen and oxygen atoms in total. The molecule has 0 aliphatic rings.